The van der Waals surface area contributed by atoms with Crippen LogP contribution in [0.5, 0.6) is 0 Å². The SMILES string of the molecule is Cc1cc(C)cc(-c2nc3cc(NC(=O)c4ccc(C)c(C)c4)ccc3o2)c1. The number of carbonyl (C=O) groups is 1. The molecule has 1 amide bonds. The number of oxazole rings is 1. The number of hydrogen-bond acceptors (Lipinski definition) is 3. The number of benzene rings is 3. The lowest BCUT2D eigenvalue weighted by Gasteiger charge is -2.07. The minimum absolute atomic E-state index is 0.138. The van der Waals surface area contributed by atoms with Gasteiger partial charge in [-0.25, -0.2) is 4.98 Å². The van der Waals surface area contributed by atoms with E-state index in [1.54, 1.807) is 0 Å². The number of rotatable bonds is 3. The molecule has 0 bridgehead atoms. The Labute approximate surface area is 164 Å². The van der Waals surface area contributed by atoms with Crippen LogP contribution in [0, 0.1) is 27.7 Å². The number of fused-ring (bicyclic) bond motifs is 1. The molecule has 4 nitrogen and oxygen atoms in total. The quantitative estimate of drug-likeness (QED) is 0.482. The molecule has 0 saturated heterocycles. The summed E-state index contributed by atoms with van der Waals surface area (Å²) in [6.45, 7) is 8.14. The zero-order valence-corrected chi connectivity index (χ0v) is 16.5. The summed E-state index contributed by atoms with van der Waals surface area (Å²) >= 11 is 0. The Balaban J connectivity index is 1.62. The predicted molar refractivity (Wildman–Crippen MR) is 113 cm³/mol. The highest BCUT2D eigenvalue weighted by molar-refractivity contribution is 6.05. The molecule has 4 heteroatoms. The molecule has 0 aliphatic heterocycles. The average molecular weight is 370 g/mol. The third-order valence-corrected chi connectivity index (χ3v) is 4.88. The van der Waals surface area contributed by atoms with Crippen LogP contribution in [0.15, 0.2) is 59.0 Å². The van der Waals surface area contributed by atoms with Gasteiger partial charge in [-0.05, 0) is 81.3 Å². The van der Waals surface area contributed by atoms with Crippen LogP contribution in [0.1, 0.15) is 32.6 Å². The van der Waals surface area contributed by atoms with E-state index in [1.165, 1.54) is 16.7 Å². The summed E-state index contributed by atoms with van der Waals surface area (Å²) in [6.07, 6.45) is 0. The molecule has 0 spiro atoms. The van der Waals surface area contributed by atoms with E-state index >= 15 is 0 Å². The standard InChI is InChI=1S/C24H22N2O2/c1-14-9-15(2)11-19(10-14)24-26-21-13-20(7-8-22(21)28-24)25-23(27)18-6-5-16(3)17(4)12-18/h5-13H,1-4H3,(H,25,27). The van der Waals surface area contributed by atoms with Crippen molar-refractivity contribution in [2.75, 3.05) is 5.32 Å². The highest BCUT2D eigenvalue weighted by atomic mass is 16.3. The van der Waals surface area contributed by atoms with Gasteiger partial charge in [0.2, 0.25) is 5.89 Å². The van der Waals surface area contributed by atoms with Crippen molar-refractivity contribution in [2.24, 2.45) is 0 Å². The number of aromatic nitrogens is 1. The monoisotopic (exact) mass is 370 g/mol. The summed E-state index contributed by atoms with van der Waals surface area (Å²) in [6, 6.07) is 17.4. The normalized spacial score (nSPS) is 11.0. The fraction of sp³-hybridized carbons (Fsp3) is 0.167. The smallest absolute Gasteiger partial charge is 0.255 e. The minimum atomic E-state index is -0.138. The van der Waals surface area contributed by atoms with E-state index in [4.69, 9.17) is 4.42 Å². The van der Waals surface area contributed by atoms with Gasteiger partial charge in [-0.2, -0.15) is 0 Å². The predicted octanol–water partition coefficient (Wildman–Crippen LogP) is 5.98. The van der Waals surface area contributed by atoms with Gasteiger partial charge in [-0.1, -0.05) is 23.3 Å². The van der Waals surface area contributed by atoms with Crippen molar-refractivity contribution < 1.29 is 9.21 Å². The van der Waals surface area contributed by atoms with Crippen LogP contribution in [0.2, 0.25) is 0 Å². The van der Waals surface area contributed by atoms with Gasteiger partial charge in [0, 0.05) is 16.8 Å². The van der Waals surface area contributed by atoms with Crippen LogP contribution in [-0.4, -0.2) is 10.9 Å². The Kier molecular flexibility index (Phi) is 4.47. The maximum atomic E-state index is 12.6. The summed E-state index contributed by atoms with van der Waals surface area (Å²) in [4.78, 5) is 17.2. The molecule has 28 heavy (non-hydrogen) atoms. The lowest BCUT2D eigenvalue weighted by Crippen LogP contribution is -2.12. The first kappa shape index (κ1) is 18.0. The molecule has 0 atom stereocenters. The number of anilines is 1. The Morgan fingerprint density at radius 1 is 0.857 bits per heavy atom. The van der Waals surface area contributed by atoms with Crippen molar-refractivity contribution >= 4 is 22.7 Å². The maximum Gasteiger partial charge on any atom is 0.255 e. The second-order valence-electron chi connectivity index (χ2n) is 7.33. The second-order valence-corrected chi connectivity index (χ2v) is 7.33. The summed E-state index contributed by atoms with van der Waals surface area (Å²) in [5.41, 5.74) is 8.28. The van der Waals surface area contributed by atoms with Crippen molar-refractivity contribution in [2.45, 2.75) is 27.7 Å². The van der Waals surface area contributed by atoms with Crippen LogP contribution in [-0.2, 0) is 0 Å². The van der Waals surface area contributed by atoms with Crippen LogP contribution < -0.4 is 5.32 Å². The number of nitrogens with zero attached hydrogens (tertiary/aromatic N) is 1. The second kappa shape index (κ2) is 6.97. The van der Waals surface area contributed by atoms with Gasteiger partial charge in [-0.3, -0.25) is 4.79 Å². The van der Waals surface area contributed by atoms with E-state index in [2.05, 4.69) is 42.3 Å². The summed E-state index contributed by atoms with van der Waals surface area (Å²) in [7, 11) is 0. The molecule has 1 aromatic heterocycles. The Morgan fingerprint density at radius 2 is 1.61 bits per heavy atom. The molecule has 4 rings (SSSR count). The van der Waals surface area contributed by atoms with Gasteiger partial charge in [0.05, 0.1) is 0 Å². The highest BCUT2D eigenvalue weighted by Crippen LogP contribution is 2.27. The molecule has 0 saturated carbocycles. The molecule has 0 aliphatic carbocycles. The number of hydrogen-bond donors (Lipinski definition) is 1. The molecular weight excluding hydrogens is 348 g/mol. The Morgan fingerprint density at radius 3 is 2.32 bits per heavy atom. The fourth-order valence-electron chi connectivity index (χ4n) is 3.31. The van der Waals surface area contributed by atoms with E-state index in [9.17, 15) is 4.79 Å². The van der Waals surface area contributed by atoms with Crippen LogP contribution in [0.25, 0.3) is 22.6 Å². The van der Waals surface area contributed by atoms with Gasteiger partial charge in [0.25, 0.3) is 5.91 Å². The van der Waals surface area contributed by atoms with Crippen molar-refractivity contribution in [1.29, 1.82) is 0 Å². The third kappa shape index (κ3) is 3.54. The molecule has 3 aromatic carbocycles. The Hall–Kier alpha value is -3.40. The third-order valence-electron chi connectivity index (χ3n) is 4.88. The molecule has 0 aliphatic rings. The average Bonchev–Trinajstić information content (AvgIpc) is 3.06. The first-order valence-corrected chi connectivity index (χ1v) is 9.27. The number of carbonyl (C=O) groups excluding carboxylic acids is 1. The molecule has 140 valence electrons. The van der Waals surface area contributed by atoms with E-state index in [0.717, 1.165) is 11.1 Å². The van der Waals surface area contributed by atoms with Gasteiger partial charge >= 0.3 is 0 Å². The summed E-state index contributed by atoms with van der Waals surface area (Å²) in [5, 5.41) is 2.94. The fourth-order valence-corrected chi connectivity index (χ4v) is 3.31. The Bertz CT molecular complexity index is 1180. The van der Waals surface area contributed by atoms with E-state index in [1.807, 2.05) is 50.2 Å². The van der Waals surface area contributed by atoms with E-state index in [-0.39, 0.29) is 5.91 Å². The van der Waals surface area contributed by atoms with Gasteiger partial charge in [-0.15, -0.1) is 0 Å². The van der Waals surface area contributed by atoms with Crippen LogP contribution in [0.4, 0.5) is 5.69 Å². The van der Waals surface area contributed by atoms with Gasteiger partial charge < -0.3 is 9.73 Å². The highest BCUT2D eigenvalue weighted by Gasteiger charge is 2.12. The van der Waals surface area contributed by atoms with Crippen molar-refractivity contribution in [3.8, 4) is 11.5 Å². The molecule has 4 aromatic rings. The molecule has 0 fully saturated rings. The number of amides is 1. The largest absolute Gasteiger partial charge is 0.436 e. The molecule has 0 radical (unpaired) electrons. The van der Waals surface area contributed by atoms with E-state index < -0.39 is 0 Å². The maximum absolute atomic E-state index is 12.6. The lowest BCUT2D eigenvalue weighted by molar-refractivity contribution is 0.102. The van der Waals surface area contributed by atoms with Crippen LogP contribution in [0.3, 0.4) is 0 Å². The molecule has 0 unspecified atom stereocenters. The minimum Gasteiger partial charge on any atom is -0.436 e. The zero-order chi connectivity index (χ0) is 19.8. The number of aryl methyl sites for hydroxylation is 4. The first-order valence-electron chi connectivity index (χ1n) is 9.27. The zero-order valence-electron chi connectivity index (χ0n) is 16.5. The van der Waals surface area contributed by atoms with Gasteiger partial charge in [0.1, 0.15) is 5.52 Å². The molecule has 1 N–H and O–H groups in total. The summed E-state index contributed by atoms with van der Waals surface area (Å²) < 4.78 is 5.91. The number of nitrogens with one attached hydrogen (secondary N) is 1. The lowest BCUT2D eigenvalue weighted by atomic mass is 10.1. The van der Waals surface area contributed by atoms with E-state index in [0.29, 0.717) is 28.2 Å². The molecule has 1 heterocycles. The van der Waals surface area contributed by atoms with Gasteiger partial charge in [0.15, 0.2) is 5.58 Å². The topological polar surface area (TPSA) is 55.1 Å². The summed E-state index contributed by atoms with van der Waals surface area (Å²) in [5.74, 6) is 0.444. The van der Waals surface area contributed by atoms with Crippen molar-refractivity contribution in [1.82, 2.24) is 4.98 Å². The van der Waals surface area contributed by atoms with Crippen molar-refractivity contribution in [3.05, 3.63) is 82.4 Å². The first-order chi connectivity index (χ1) is 13.4. The van der Waals surface area contributed by atoms with Crippen LogP contribution >= 0.6 is 0 Å². The molecular formula is C24H22N2O2. The van der Waals surface area contributed by atoms with Crippen molar-refractivity contribution in [3.63, 3.8) is 0 Å².